The molecule has 0 fully saturated rings. The van der Waals surface area contributed by atoms with Gasteiger partial charge in [0.15, 0.2) is 11.5 Å². The third-order valence-electron chi connectivity index (χ3n) is 4.19. The van der Waals surface area contributed by atoms with Crippen molar-refractivity contribution in [2.24, 2.45) is 0 Å². The van der Waals surface area contributed by atoms with Crippen LogP contribution in [0.1, 0.15) is 16.7 Å². The van der Waals surface area contributed by atoms with E-state index < -0.39 is 0 Å². The molecule has 0 spiro atoms. The average molecular weight is 437 g/mol. The molecule has 0 aliphatic carbocycles. The molecular formula is C22H20Cl3NO2. The number of nitrogens with one attached hydrogen (secondary N) is 1. The zero-order chi connectivity index (χ0) is 19.9. The van der Waals surface area contributed by atoms with Gasteiger partial charge < -0.3 is 14.8 Å². The Morgan fingerprint density at radius 1 is 0.821 bits per heavy atom. The van der Waals surface area contributed by atoms with Crippen molar-refractivity contribution in [2.75, 3.05) is 7.11 Å². The predicted octanol–water partition coefficient (Wildman–Crippen LogP) is 6.52. The molecule has 0 bridgehead atoms. The van der Waals surface area contributed by atoms with Gasteiger partial charge in [-0.3, -0.25) is 0 Å². The molecular weight excluding hydrogens is 417 g/mol. The standard InChI is InChI=1S/C22H20Cl3NO2/c1-27-21-11-16(12-26-13-17-4-2-3-5-19(17)24)10-20(25)22(21)28-14-15-6-8-18(23)9-7-15/h2-11,26H,12-14H2,1H3. The second kappa shape index (κ2) is 10.0. The number of methoxy groups -OCH3 is 1. The molecule has 0 amide bonds. The van der Waals surface area contributed by atoms with Crippen LogP contribution in [0.25, 0.3) is 0 Å². The molecule has 0 heterocycles. The van der Waals surface area contributed by atoms with Crippen molar-refractivity contribution in [3.8, 4) is 11.5 Å². The summed E-state index contributed by atoms with van der Waals surface area (Å²) in [4.78, 5) is 0. The van der Waals surface area contributed by atoms with Gasteiger partial charge in [0.05, 0.1) is 12.1 Å². The van der Waals surface area contributed by atoms with Gasteiger partial charge in [-0.1, -0.05) is 65.1 Å². The summed E-state index contributed by atoms with van der Waals surface area (Å²) in [7, 11) is 1.60. The van der Waals surface area contributed by atoms with Crippen LogP contribution in [0.5, 0.6) is 11.5 Å². The van der Waals surface area contributed by atoms with E-state index in [9.17, 15) is 0 Å². The van der Waals surface area contributed by atoms with Gasteiger partial charge in [-0.05, 0) is 47.0 Å². The second-order valence-corrected chi connectivity index (χ2v) is 7.47. The third-order valence-corrected chi connectivity index (χ3v) is 5.09. The fourth-order valence-corrected chi connectivity index (χ4v) is 3.35. The Balaban J connectivity index is 1.65. The van der Waals surface area contributed by atoms with E-state index in [0.717, 1.165) is 21.7 Å². The maximum Gasteiger partial charge on any atom is 0.180 e. The Morgan fingerprint density at radius 3 is 2.29 bits per heavy atom. The van der Waals surface area contributed by atoms with Crippen LogP contribution in [0.3, 0.4) is 0 Å². The molecule has 0 unspecified atom stereocenters. The van der Waals surface area contributed by atoms with Crippen molar-refractivity contribution in [1.82, 2.24) is 5.32 Å². The molecule has 146 valence electrons. The predicted molar refractivity (Wildman–Crippen MR) is 116 cm³/mol. The van der Waals surface area contributed by atoms with E-state index in [0.29, 0.717) is 41.2 Å². The van der Waals surface area contributed by atoms with E-state index in [1.54, 1.807) is 7.11 Å². The van der Waals surface area contributed by atoms with Crippen LogP contribution in [0.4, 0.5) is 0 Å². The van der Waals surface area contributed by atoms with Gasteiger partial charge in [0.1, 0.15) is 6.61 Å². The molecule has 0 saturated carbocycles. The van der Waals surface area contributed by atoms with Crippen LogP contribution < -0.4 is 14.8 Å². The SMILES string of the molecule is COc1cc(CNCc2ccccc2Cl)cc(Cl)c1OCc1ccc(Cl)cc1. The molecule has 3 aromatic carbocycles. The maximum absolute atomic E-state index is 6.45. The molecule has 0 aliphatic rings. The van der Waals surface area contributed by atoms with E-state index in [-0.39, 0.29) is 0 Å². The first-order valence-corrected chi connectivity index (χ1v) is 9.88. The van der Waals surface area contributed by atoms with Crippen molar-refractivity contribution in [2.45, 2.75) is 19.7 Å². The summed E-state index contributed by atoms with van der Waals surface area (Å²) in [6.07, 6.45) is 0. The monoisotopic (exact) mass is 435 g/mol. The van der Waals surface area contributed by atoms with Gasteiger partial charge >= 0.3 is 0 Å². The fourth-order valence-electron chi connectivity index (χ4n) is 2.73. The van der Waals surface area contributed by atoms with Crippen LogP contribution >= 0.6 is 34.8 Å². The van der Waals surface area contributed by atoms with Gasteiger partial charge in [-0.2, -0.15) is 0 Å². The van der Waals surface area contributed by atoms with E-state index in [4.69, 9.17) is 44.3 Å². The van der Waals surface area contributed by atoms with Crippen LogP contribution in [0.15, 0.2) is 60.7 Å². The summed E-state index contributed by atoms with van der Waals surface area (Å²) in [5, 5.41) is 5.31. The first-order chi connectivity index (χ1) is 13.6. The topological polar surface area (TPSA) is 30.5 Å². The molecule has 0 aromatic heterocycles. The molecule has 0 atom stereocenters. The minimum Gasteiger partial charge on any atom is -0.493 e. The Morgan fingerprint density at radius 2 is 1.57 bits per heavy atom. The van der Waals surface area contributed by atoms with Gasteiger partial charge in [-0.25, -0.2) is 0 Å². The minimum atomic E-state index is 0.372. The van der Waals surface area contributed by atoms with Crippen molar-refractivity contribution >= 4 is 34.8 Å². The molecule has 3 rings (SSSR count). The first kappa shape index (κ1) is 20.8. The highest BCUT2D eigenvalue weighted by Crippen LogP contribution is 2.37. The van der Waals surface area contributed by atoms with E-state index >= 15 is 0 Å². The number of rotatable bonds is 8. The van der Waals surface area contributed by atoms with Crippen LogP contribution in [-0.2, 0) is 19.7 Å². The van der Waals surface area contributed by atoms with Gasteiger partial charge in [0.2, 0.25) is 0 Å². The quantitative estimate of drug-likeness (QED) is 0.436. The molecule has 3 aromatic rings. The number of halogens is 3. The highest BCUT2D eigenvalue weighted by atomic mass is 35.5. The highest BCUT2D eigenvalue weighted by molar-refractivity contribution is 6.32. The molecule has 0 aliphatic heterocycles. The van der Waals surface area contributed by atoms with Crippen molar-refractivity contribution < 1.29 is 9.47 Å². The smallest absolute Gasteiger partial charge is 0.180 e. The lowest BCUT2D eigenvalue weighted by atomic mass is 10.1. The van der Waals surface area contributed by atoms with E-state index in [2.05, 4.69) is 5.32 Å². The number of benzene rings is 3. The lowest BCUT2D eigenvalue weighted by molar-refractivity contribution is 0.284. The molecule has 3 nitrogen and oxygen atoms in total. The van der Waals surface area contributed by atoms with Crippen molar-refractivity contribution in [1.29, 1.82) is 0 Å². The summed E-state index contributed by atoms with van der Waals surface area (Å²) in [6.45, 7) is 1.66. The van der Waals surface area contributed by atoms with Gasteiger partial charge in [-0.15, -0.1) is 0 Å². The Kier molecular flexibility index (Phi) is 7.46. The molecule has 28 heavy (non-hydrogen) atoms. The minimum absolute atomic E-state index is 0.372. The van der Waals surface area contributed by atoms with E-state index in [1.807, 2.05) is 60.7 Å². The zero-order valence-electron chi connectivity index (χ0n) is 15.3. The Bertz CT molecular complexity index is 930. The van der Waals surface area contributed by atoms with Gasteiger partial charge in [0.25, 0.3) is 0 Å². The molecule has 1 N–H and O–H groups in total. The zero-order valence-corrected chi connectivity index (χ0v) is 17.6. The molecule has 6 heteroatoms. The Hall–Kier alpha value is -1.91. The number of ether oxygens (including phenoxy) is 2. The van der Waals surface area contributed by atoms with Crippen molar-refractivity contribution in [3.63, 3.8) is 0 Å². The third kappa shape index (κ3) is 5.55. The number of hydrogen-bond donors (Lipinski definition) is 1. The second-order valence-electron chi connectivity index (χ2n) is 6.22. The largest absolute Gasteiger partial charge is 0.493 e. The highest BCUT2D eigenvalue weighted by Gasteiger charge is 2.12. The molecule has 0 radical (unpaired) electrons. The Labute approximate surface area is 180 Å². The van der Waals surface area contributed by atoms with Crippen LogP contribution in [-0.4, -0.2) is 7.11 Å². The van der Waals surface area contributed by atoms with Crippen molar-refractivity contribution in [3.05, 3.63) is 92.4 Å². The maximum atomic E-state index is 6.45. The van der Waals surface area contributed by atoms with Crippen LogP contribution in [0, 0.1) is 0 Å². The normalized spacial score (nSPS) is 10.7. The first-order valence-electron chi connectivity index (χ1n) is 8.74. The number of hydrogen-bond acceptors (Lipinski definition) is 3. The lowest BCUT2D eigenvalue weighted by Gasteiger charge is -2.15. The van der Waals surface area contributed by atoms with E-state index in [1.165, 1.54) is 0 Å². The van der Waals surface area contributed by atoms with Crippen LogP contribution in [0.2, 0.25) is 15.1 Å². The summed E-state index contributed by atoms with van der Waals surface area (Å²) in [6, 6.07) is 19.0. The van der Waals surface area contributed by atoms with Gasteiger partial charge in [0, 0.05) is 23.1 Å². The summed E-state index contributed by atoms with van der Waals surface area (Å²) in [5.41, 5.74) is 3.03. The summed E-state index contributed by atoms with van der Waals surface area (Å²) >= 11 is 18.6. The fraction of sp³-hybridized carbons (Fsp3) is 0.182. The average Bonchev–Trinajstić information content (AvgIpc) is 2.69. The summed E-state index contributed by atoms with van der Waals surface area (Å²) < 4.78 is 11.4. The lowest BCUT2D eigenvalue weighted by Crippen LogP contribution is -2.13. The summed E-state index contributed by atoms with van der Waals surface area (Å²) in [5.74, 6) is 1.12. The molecule has 0 saturated heterocycles.